The van der Waals surface area contributed by atoms with Crippen molar-refractivity contribution in [1.29, 1.82) is 0 Å². The van der Waals surface area contributed by atoms with Gasteiger partial charge >= 0.3 is 0 Å². The molecular weight excluding hydrogens is 216 g/mol. The summed E-state index contributed by atoms with van der Waals surface area (Å²) in [5.74, 6) is 0.946. The smallest absolute Gasteiger partial charge is 0.226 e. The summed E-state index contributed by atoms with van der Waals surface area (Å²) in [6, 6.07) is 0. The van der Waals surface area contributed by atoms with Gasteiger partial charge in [0.2, 0.25) is 5.91 Å². The first-order valence-corrected chi connectivity index (χ1v) is 6.75. The number of nitrogens with two attached hydrogens (primary N) is 1. The fourth-order valence-electron chi connectivity index (χ4n) is 2.80. The second-order valence-electron chi connectivity index (χ2n) is 5.72. The Bertz CT molecular complexity index is 267. The van der Waals surface area contributed by atoms with Crippen molar-refractivity contribution in [1.82, 2.24) is 5.32 Å². The van der Waals surface area contributed by atoms with Gasteiger partial charge in [-0.3, -0.25) is 4.79 Å². The maximum absolute atomic E-state index is 12.1. The molecule has 1 saturated heterocycles. The van der Waals surface area contributed by atoms with Crippen molar-refractivity contribution in [3.8, 4) is 0 Å². The van der Waals surface area contributed by atoms with Crippen molar-refractivity contribution in [3.63, 3.8) is 0 Å². The number of carbonyl (C=O) groups excluding carboxylic acids is 1. The van der Waals surface area contributed by atoms with Gasteiger partial charge in [0.05, 0.1) is 18.1 Å². The summed E-state index contributed by atoms with van der Waals surface area (Å²) in [5.41, 5.74) is 5.74. The number of hydrogen-bond donors (Lipinski definition) is 2. The van der Waals surface area contributed by atoms with Crippen LogP contribution < -0.4 is 11.1 Å². The van der Waals surface area contributed by atoms with Crippen LogP contribution in [-0.2, 0) is 9.53 Å². The van der Waals surface area contributed by atoms with Crippen molar-refractivity contribution in [3.05, 3.63) is 0 Å². The summed E-state index contributed by atoms with van der Waals surface area (Å²) in [6.07, 6.45) is 5.22. The molecule has 3 N–H and O–H groups in total. The van der Waals surface area contributed by atoms with Crippen LogP contribution in [0.5, 0.6) is 0 Å². The second-order valence-corrected chi connectivity index (χ2v) is 5.72. The number of hydrogen-bond acceptors (Lipinski definition) is 3. The number of rotatable bonds is 3. The topological polar surface area (TPSA) is 64.3 Å². The SMILES string of the molecule is CC1CCC(CN)(NC(=O)C2CCOC2)CC1. The maximum atomic E-state index is 12.1. The zero-order chi connectivity index (χ0) is 12.3. The molecule has 4 heteroatoms. The quantitative estimate of drug-likeness (QED) is 0.775. The van der Waals surface area contributed by atoms with Crippen LogP contribution >= 0.6 is 0 Å². The minimum absolute atomic E-state index is 0.0396. The van der Waals surface area contributed by atoms with E-state index >= 15 is 0 Å². The average molecular weight is 240 g/mol. The minimum atomic E-state index is -0.147. The van der Waals surface area contributed by atoms with Crippen LogP contribution in [0.25, 0.3) is 0 Å². The molecule has 2 aliphatic rings. The Kier molecular flexibility index (Phi) is 4.05. The Morgan fingerprint density at radius 2 is 2.12 bits per heavy atom. The third kappa shape index (κ3) is 2.99. The van der Waals surface area contributed by atoms with Crippen LogP contribution in [0, 0.1) is 11.8 Å². The largest absolute Gasteiger partial charge is 0.381 e. The summed E-state index contributed by atoms with van der Waals surface area (Å²) < 4.78 is 5.26. The van der Waals surface area contributed by atoms with Crippen LogP contribution in [0.4, 0.5) is 0 Å². The van der Waals surface area contributed by atoms with Crippen LogP contribution in [0.1, 0.15) is 39.0 Å². The minimum Gasteiger partial charge on any atom is -0.381 e. The molecule has 0 aromatic carbocycles. The summed E-state index contributed by atoms with van der Waals surface area (Å²) in [6.45, 7) is 4.11. The molecule has 1 aliphatic carbocycles. The van der Waals surface area contributed by atoms with E-state index in [9.17, 15) is 4.79 Å². The molecule has 0 aromatic rings. The van der Waals surface area contributed by atoms with Crippen LogP contribution in [-0.4, -0.2) is 31.2 Å². The van der Waals surface area contributed by atoms with E-state index in [1.54, 1.807) is 0 Å². The van der Waals surface area contributed by atoms with Gasteiger partial charge < -0.3 is 15.8 Å². The zero-order valence-electron chi connectivity index (χ0n) is 10.7. The molecule has 1 atom stereocenters. The molecule has 4 nitrogen and oxygen atoms in total. The lowest BCUT2D eigenvalue weighted by molar-refractivity contribution is -0.127. The Morgan fingerprint density at radius 3 is 2.65 bits per heavy atom. The van der Waals surface area contributed by atoms with Crippen LogP contribution in [0.15, 0.2) is 0 Å². The van der Waals surface area contributed by atoms with Crippen LogP contribution in [0.3, 0.4) is 0 Å². The van der Waals surface area contributed by atoms with E-state index in [4.69, 9.17) is 10.5 Å². The summed E-state index contributed by atoms with van der Waals surface area (Å²) in [5, 5.41) is 3.20. The molecule has 1 saturated carbocycles. The number of nitrogens with one attached hydrogen (secondary N) is 1. The van der Waals surface area contributed by atoms with Gasteiger partial charge in [0.1, 0.15) is 0 Å². The summed E-state index contributed by atoms with van der Waals surface area (Å²) in [4.78, 5) is 12.1. The Balaban J connectivity index is 1.92. The Morgan fingerprint density at radius 1 is 1.41 bits per heavy atom. The second kappa shape index (κ2) is 5.36. The van der Waals surface area contributed by atoms with Gasteiger partial charge in [0.15, 0.2) is 0 Å². The van der Waals surface area contributed by atoms with E-state index < -0.39 is 0 Å². The fraction of sp³-hybridized carbons (Fsp3) is 0.923. The highest BCUT2D eigenvalue weighted by Crippen LogP contribution is 2.31. The van der Waals surface area contributed by atoms with Gasteiger partial charge in [-0.1, -0.05) is 6.92 Å². The molecule has 0 spiro atoms. The van der Waals surface area contributed by atoms with Gasteiger partial charge in [-0.15, -0.1) is 0 Å². The highest BCUT2D eigenvalue weighted by molar-refractivity contribution is 5.79. The summed E-state index contributed by atoms with van der Waals surface area (Å²) >= 11 is 0. The zero-order valence-corrected chi connectivity index (χ0v) is 10.7. The molecule has 0 radical (unpaired) electrons. The lowest BCUT2D eigenvalue weighted by atomic mass is 9.77. The van der Waals surface area contributed by atoms with E-state index in [0.29, 0.717) is 19.8 Å². The predicted molar refractivity (Wildman–Crippen MR) is 66.5 cm³/mol. The van der Waals surface area contributed by atoms with E-state index in [1.807, 2.05) is 0 Å². The van der Waals surface area contributed by atoms with Gasteiger partial charge in [0.25, 0.3) is 0 Å². The standard InChI is InChI=1S/C13H24N2O2/c1-10-2-5-13(9-14,6-3-10)15-12(16)11-4-7-17-8-11/h10-11H,2-9,14H2,1H3,(H,15,16). The van der Waals surface area contributed by atoms with E-state index in [0.717, 1.165) is 25.2 Å². The third-order valence-electron chi connectivity index (χ3n) is 4.31. The Hall–Kier alpha value is -0.610. The van der Waals surface area contributed by atoms with Gasteiger partial charge in [-0.05, 0) is 38.0 Å². The van der Waals surface area contributed by atoms with Crippen molar-refractivity contribution in [2.24, 2.45) is 17.6 Å². The molecule has 2 fully saturated rings. The monoisotopic (exact) mass is 240 g/mol. The number of amides is 1. The highest BCUT2D eigenvalue weighted by Gasteiger charge is 2.36. The highest BCUT2D eigenvalue weighted by atomic mass is 16.5. The molecule has 2 rings (SSSR count). The van der Waals surface area contributed by atoms with Crippen molar-refractivity contribution >= 4 is 5.91 Å². The lowest BCUT2D eigenvalue weighted by Crippen LogP contribution is -2.56. The number of carbonyl (C=O) groups is 1. The van der Waals surface area contributed by atoms with E-state index in [-0.39, 0.29) is 17.4 Å². The molecule has 1 heterocycles. The first-order chi connectivity index (χ1) is 8.15. The molecule has 17 heavy (non-hydrogen) atoms. The normalized spacial score (nSPS) is 38.0. The summed E-state index contributed by atoms with van der Waals surface area (Å²) in [7, 11) is 0. The molecule has 1 unspecified atom stereocenters. The lowest BCUT2D eigenvalue weighted by Gasteiger charge is -2.39. The Labute approximate surface area is 103 Å². The van der Waals surface area contributed by atoms with E-state index in [1.165, 1.54) is 12.8 Å². The fourth-order valence-corrected chi connectivity index (χ4v) is 2.80. The van der Waals surface area contributed by atoms with E-state index in [2.05, 4.69) is 12.2 Å². The van der Waals surface area contributed by atoms with Gasteiger partial charge in [-0.2, -0.15) is 0 Å². The molecule has 0 aromatic heterocycles. The van der Waals surface area contributed by atoms with Crippen LogP contribution in [0.2, 0.25) is 0 Å². The molecule has 0 bridgehead atoms. The molecule has 98 valence electrons. The van der Waals surface area contributed by atoms with Crippen molar-refractivity contribution in [2.75, 3.05) is 19.8 Å². The first-order valence-electron chi connectivity index (χ1n) is 6.75. The maximum Gasteiger partial charge on any atom is 0.226 e. The first kappa shape index (κ1) is 12.8. The third-order valence-corrected chi connectivity index (χ3v) is 4.31. The molecular formula is C13H24N2O2. The predicted octanol–water partition coefficient (Wildman–Crippen LogP) is 1.05. The number of ether oxygens (including phenoxy) is 1. The molecule has 1 amide bonds. The van der Waals surface area contributed by atoms with Crippen molar-refractivity contribution in [2.45, 2.75) is 44.6 Å². The van der Waals surface area contributed by atoms with Crippen molar-refractivity contribution < 1.29 is 9.53 Å². The average Bonchev–Trinajstić information content (AvgIpc) is 2.86. The van der Waals surface area contributed by atoms with Gasteiger partial charge in [-0.25, -0.2) is 0 Å². The van der Waals surface area contributed by atoms with Gasteiger partial charge in [0, 0.05) is 13.2 Å². The molecule has 1 aliphatic heterocycles.